The highest BCUT2D eigenvalue weighted by molar-refractivity contribution is 6.28. The van der Waals surface area contributed by atoms with Crippen LogP contribution in [0.2, 0.25) is 0 Å². The normalized spacial score (nSPS) is 12.0. The van der Waals surface area contributed by atoms with Crippen LogP contribution in [0.15, 0.2) is 237 Å². The van der Waals surface area contributed by atoms with Crippen molar-refractivity contribution >= 4 is 43.6 Å². The highest BCUT2D eigenvalue weighted by Gasteiger charge is 2.27. The number of hydrogen-bond donors (Lipinski definition) is 0. The Hall–Kier alpha value is -9.19. The quantitative estimate of drug-likeness (QED) is 0.160. The lowest BCUT2D eigenvalue weighted by molar-refractivity contribution is 0.953. The SMILES string of the molecule is c1ccc(-c2cc(-c3ccccc3)c3c(c2)-c2cccc(-c4cccc(-n5c6ccccc6c6c7c8ccccc8n(-c8nc(-c9ccccc9)nc(-c9ccccc9)n8)c7ccc65)c4)c2C3)cc1. The van der Waals surface area contributed by atoms with Gasteiger partial charge in [0.05, 0.1) is 22.1 Å². The third kappa shape index (κ3) is 6.28. The van der Waals surface area contributed by atoms with Crippen LogP contribution in [0.5, 0.6) is 0 Å². The van der Waals surface area contributed by atoms with E-state index in [1.807, 2.05) is 36.4 Å². The fourth-order valence-corrected chi connectivity index (χ4v) is 11.0. The Balaban J connectivity index is 0.947. The number of rotatable bonds is 7. The minimum atomic E-state index is 0.578. The highest BCUT2D eigenvalue weighted by Crippen LogP contribution is 2.48. The van der Waals surface area contributed by atoms with Crippen LogP contribution in [0, 0.1) is 0 Å². The van der Waals surface area contributed by atoms with E-state index in [0.717, 1.165) is 50.7 Å². The standard InChI is InChI=1S/C64H41N5/c1-5-19-41(20-6-1)46-38-52(42-21-7-2-8-22-42)55-40-54-48(31-18-32-49(54)53(55)39-46)45-27-17-28-47(37-45)68-56-33-15-13-29-50(56)60-58(68)35-36-59-61(60)51-30-14-16-34-57(51)69(59)64-66-62(43-23-9-3-10-24-43)65-63(67-64)44-25-11-4-12-26-44/h1-39H,40H2. The predicted molar refractivity (Wildman–Crippen MR) is 284 cm³/mol. The van der Waals surface area contributed by atoms with Gasteiger partial charge in [-0.25, -0.2) is 4.98 Å². The first-order chi connectivity index (χ1) is 34.2. The van der Waals surface area contributed by atoms with Crippen LogP contribution in [0.3, 0.4) is 0 Å². The van der Waals surface area contributed by atoms with E-state index < -0.39 is 0 Å². The zero-order valence-corrected chi connectivity index (χ0v) is 37.5. The molecule has 0 unspecified atom stereocenters. The second-order valence-corrected chi connectivity index (χ2v) is 17.9. The van der Waals surface area contributed by atoms with Crippen molar-refractivity contribution in [3.05, 3.63) is 248 Å². The van der Waals surface area contributed by atoms with E-state index in [1.165, 1.54) is 71.8 Å². The zero-order valence-electron chi connectivity index (χ0n) is 37.5. The highest BCUT2D eigenvalue weighted by atomic mass is 15.2. The minimum Gasteiger partial charge on any atom is -0.309 e. The lowest BCUT2D eigenvalue weighted by atomic mass is 9.91. The topological polar surface area (TPSA) is 48.5 Å². The van der Waals surface area contributed by atoms with E-state index in [-0.39, 0.29) is 0 Å². The minimum absolute atomic E-state index is 0.578. The molecule has 0 atom stereocenters. The van der Waals surface area contributed by atoms with E-state index in [4.69, 9.17) is 15.0 Å². The van der Waals surface area contributed by atoms with Gasteiger partial charge in [0.15, 0.2) is 11.6 Å². The molecule has 0 bridgehead atoms. The molecular formula is C64H41N5. The van der Waals surface area contributed by atoms with Crippen LogP contribution in [0.4, 0.5) is 0 Å². The molecule has 14 rings (SSSR count). The number of benzene rings is 10. The smallest absolute Gasteiger partial charge is 0.238 e. The van der Waals surface area contributed by atoms with Crippen molar-refractivity contribution < 1.29 is 0 Å². The fraction of sp³-hybridized carbons (Fsp3) is 0.0156. The van der Waals surface area contributed by atoms with Crippen molar-refractivity contribution in [3.8, 4) is 78.9 Å². The van der Waals surface area contributed by atoms with E-state index in [0.29, 0.717) is 17.6 Å². The molecule has 0 fully saturated rings. The summed E-state index contributed by atoms with van der Waals surface area (Å²) in [6.07, 6.45) is 0.864. The second-order valence-electron chi connectivity index (χ2n) is 17.9. The summed E-state index contributed by atoms with van der Waals surface area (Å²) in [5.74, 6) is 1.84. The molecule has 5 nitrogen and oxygen atoms in total. The van der Waals surface area contributed by atoms with Gasteiger partial charge < -0.3 is 4.57 Å². The van der Waals surface area contributed by atoms with Gasteiger partial charge in [-0.05, 0) is 111 Å². The van der Waals surface area contributed by atoms with Crippen LogP contribution in [0.25, 0.3) is 123 Å². The molecule has 0 saturated heterocycles. The van der Waals surface area contributed by atoms with Crippen molar-refractivity contribution in [2.24, 2.45) is 0 Å². The van der Waals surface area contributed by atoms with Gasteiger partial charge in [0, 0.05) is 38.4 Å². The first-order valence-electron chi connectivity index (χ1n) is 23.6. The van der Waals surface area contributed by atoms with Crippen molar-refractivity contribution in [2.75, 3.05) is 0 Å². The molecule has 322 valence electrons. The molecule has 0 aliphatic heterocycles. The summed E-state index contributed by atoms with van der Waals surface area (Å²) < 4.78 is 4.67. The lowest BCUT2D eigenvalue weighted by Gasteiger charge is -2.13. The van der Waals surface area contributed by atoms with Crippen molar-refractivity contribution in [2.45, 2.75) is 6.42 Å². The molecule has 0 spiro atoms. The largest absolute Gasteiger partial charge is 0.309 e. The Labute approximate surface area is 398 Å². The molecule has 13 aromatic rings. The third-order valence-corrected chi connectivity index (χ3v) is 14.0. The summed E-state index contributed by atoms with van der Waals surface area (Å²) in [5, 5.41) is 4.70. The maximum atomic E-state index is 5.22. The van der Waals surface area contributed by atoms with E-state index in [1.54, 1.807) is 0 Å². The maximum Gasteiger partial charge on any atom is 0.238 e. The molecule has 1 aliphatic carbocycles. The fourth-order valence-electron chi connectivity index (χ4n) is 11.0. The number of aromatic nitrogens is 5. The van der Waals surface area contributed by atoms with Crippen LogP contribution in [-0.4, -0.2) is 24.1 Å². The molecule has 0 N–H and O–H groups in total. The van der Waals surface area contributed by atoms with Gasteiger partial charge >= 0.3 is 0 Å². The second kappa shape index (κ2) is 15.7. The zero-order chi connectivity index (χ0) is 45.4. The number of para-hydroxylation sites is 2. The summed E-state index contributed by atoms with van der Waals surface area (Å²) in [6.45, 7) is 0. The van der Waals surface area contributed by atoms with E-state index in [2.05, 4.69) is 209 Å². The molecule has 0 amide bonds. The van der Waals surface area contributed by atoms with Crippen LogP contribution >= 0.6 is 0 Å². The van der Waals surface area contributed by atoms with Crippen LogP contribution in [0.1, 0.15) is 11.1 Å². The summed E-state index contributed by atoms with van der Waals surface area (Å²) in [6, 6.07) is 84.8. The third-order valence-electron chi connectivity index (χ3n) is 14.0. The van der Waals surface area contributed by atoms with Crippen LogP contribution < -0.4 is 0 Å². The molecule has 3 aromatic heterocycles. The summed E-state index contributed by atoms with van der Waals surface area (Å²) in [4.78, 5) is 15.5. The number of fused-ring (bicyclic) bond motifs is 10. The molecule has 69 heavy (non-hydrogen) atoms. The number of hydrogen-bond acceptors (Lipinski definition) is 3. The Kier molecular flexibility index (Phi) is 8.89. The van der Waals surface area contributed by atoms with Gasteiger partial charge in [0.1, 0.15) is 0 Å². The van der Waals surface area contributed by atoms with Gasteiger partial charge in [-0.2, -0.15) is 9.97 Å². The summed E-state index contributed by atoms with van der Waals surface area (Å²) >= 11 is 0. The van der Waals surface area contributed by atoms with Gasteiger partial charge in [0.2, 0.25) is 5.95 Å². The van der Waals surface area contributed by atoms with Crippen molar-refractivity contribution in [3.63, 3.8) is 0 Å². The molecule has 0 radical (unpaired) electrons. The maximum absolute atomic E-state index is 5.22. The van der Waals surface area contributed by atoms with Gasteiger partial charge in [0.25, 0.3) is 0 Å². The average molecular weight is 880 g/mol. The average Bonchev–Trinajstić information content (AvgIpc) is 4.09. The van der Waals surface area contributed by atoms with Crippen molar-refractivity contribution in [1.82, 2.24) is 24.1 Å². The first kappa shape index (κ1) is 39.0. The van der Waals surface area contributed by atoms with E-state index in [9.17, 15) is 0 Å². The molecule has 0 saturated carbocycles. The molecule has 3 heterocycles. The Bertz CT molecular complexity index is 4080. The Morgan fingerprint density at radius 3 is 1.41 bits per heavy atom. The molecule has 10 aromatic carbocycles. The Morgan fingerprint density at radius 2 is 0.768 bits per heavy atom. The Morgan fingerprint density at radius 1 is 0.290 bits per heavy atom. The van der Waals surface area contributed by atoms with Crippen molar-refractivity contribution in [1.29, 1.82) is 0 Å². The van der Waals surface area contributed by atoms with E-state index >= 15 is 0 Å². The summed E-state index contributed by atoms with van der Waals surface area (Å²) in [7, 11) is 0. The van der Waals surface area contributed by atoms with Gasteiger partial charge in [-0.1, -0.05) is 188 Å². The van der Waals surface area contributed by atoms with Gasteiger partial charge in [-0.15, -0.1) is 0 Å². The molecule has 5 heteroatoms. The predicted octanol–water partition coefficient (Wildman–Crippen LogP) is 16.0. The molecular weight excluding hydrogens is 839 g/mol. The van der Waals surface area contributed by atoms with Crippen LogP contribution in [-0.2, 0) is 6.42 Å². The number of nitrogens with zero attached hydrogens (tertiary/aromatic N) is 5. The monoisotopic (exact) mass is 879 g/mol. The summed E-state index contributed by atoms with van der Waals surface area (Å²) in [5.41, 5.74) is 20.2. The van der Waals surface area contributed by atoms with Gasteiger partial charge in [-0.3, -0.25) is 4.57 Å². The first-order valence-corrected chi connectivity index (χ1v) is 23.6. The lowest BCUT2D eigenvalue weighted by Crippen LogP contribution is -2.06. The molecule has 1 aliphatic rings.